The van der Waals surface area contributed by atoms with Crippen LogP contribution in [0.1, 0.15) is 6.92 Å². The number of carbonyl (C=O) groups is 1. The second kappa shape index (κ2) is 4.25. The lowest BCUT2D eigenvalue weighted by Crippen LogP contribution is -2.23. The Bertz CT molecular complexity index is 413. The number of halogens is 1. The van der Waals surface area contributed by atoms with Gasteiger partial charge in [0.15, 0.2) is 0 Å². The minimum atomic E-state index is -0.759. The van der Waals surface area contributed by atoms with Crippen LogP contribution in [0, 0.1) is 11.8 Å². The van der Waals surface area contributed by atoms with Gasteiger partial charge in [-0.3, -0.25) is 9.78 Å². The predicted octanol–water partition coefficient (Wildman–Crippen LogP) is 1.29. The standard InChI is InChI=1S/C10H12ClN3O2/c1-6-4-14(5-7(6)10(15)16)9-3-12-2-8(11)13-9/h2-3,6-7H,4-5H2,1H3,(H,15,16). The summed E-state index contributed by atoms with van der Waals surface area (Å²) in [6.07, 6.45) is 3.06. The van der Waals surface area contributed by atoms with Crippen LogP contribution in [0.3, 0.4) is 0 Å². The van der Waals surface area contributed by atoms with E-state index < -0.39 is 5.97 Å². The summed E-state index contributed by atoms with van der Waals surface area (Å²) in [7, 11) is 0. The number of carboxylic acids is 1. The van der Waals surface area contributed by atoms with Gasteiger partial charge < -0.3 is 10.0 Å². The zero-order valence-corrected chi connectivity index (χ0v) is 9.55. The van der Waals surface area contributed by atoms with Crippen molar-refractivity contribution >= 4 is 23.4 Å². The quantitative estimate of drug-likeness (QED) is 0.845. The molecule has 1 aromatic heterocycles. The molecule has 0 saturated carbocycles. The molecule has 1 N–H and O–H groups in total. The van der Waals surface area contributed by atoms with E-state index in [0.717, 1.165) is 0 Å². The number of carboxylic acid groups (broad SMARTS) is 1. The first-order valence-corrected chi connectivity index (χ1v) is 5.41. The molecule has 2 atom stereocenters. The van der Waals surface area contributed by atoms with Crippen LogP contribution in [-0.2, 0) is 4.79 Å². The molecule has 0 aliphatic carbocycles. The number of nitrogens with zero attached hydrogens (tertiary/aromatic N) is 3. The molecule has 1 aliphatic rings. The first kappa shape index (κ1) is 11.1. The number of hydrogen-bond acceptors (Lipinski definition) is 4. The molecule has 0 amide bonds. The predicted molar refractivity (Wildman–Crippen MR) is 59.5 cm³/mol. The highest BCUT2D eigenvalue weighted by atomic mass is 35.5. The van der Waals surface area contributed by atoms with Crippen molar-refractivity contribution < 1.29 is 9.90 Å². The van der Waals surface area contributed by atoms with E-state index in [4.69, 9.17) is 16.7 Å². The van der Waals surface area contributed by atoms with Crippen LogP contribution in [0.15, 0.2) is 12.4 Å². The fraction of sp³-hybridized carbons (Fsp3) is 0.500. The molecule has 0 radical (unpaired) electrons. The molecule has 1 aliphatic heterocycles. The van der Waals surface area contributed by atoms with Crippen molar-refractivity contribution in [2.75, 3.05) is 18.0 Å². The third kappa shape index (κ3) is 2.09. The smallest absolute Gasteiger partial charge is 0.308 e. The molecule has 86 valence electrons. The summed E-state index contributed by atoms with van der Waals surface area (Å²) in [5.74, 6) is -0.354. The summed E-state index contributed by atoms with van der Waals surface area (Å²) in [6.45, 7) is 3.06. The first-order valence-electron chi connectivity index (χ1n) is 5.03. The van der Waals surface area contributed by atoms with E-state index in [0.29, 0.717) is 24.1 Å². The van der Waals surface area contributed by atoms with Crippen LogP contribution in [0.4, 0.5) is 5.82 Å². The molecule has 2 unspecified atom stereocenters. The van der Waals surface area contributed by atoms with Crippen LogP contribution in [-0.4, -0.2) is 34.1 Å². The fourth-order valence-electron chi connectivity index (χ4n) is 1.96. The molecule has 1 fully saturated rings. The van der Waals surface area contributed by atoms with Crippen LogP contribution in [0.2, 0.25) is 5.15 Å². The molecule has 16 heavy (non-hydrogen) atoms. The Morgan fingerprint density at radius 1 is 1.56 bits per heavy atom. The number of anilines is 1. The van der Waals surface area contributed by atoms with E-state index in [1.54, 1.807) is 6.20 Å². The molecular weight excluding hydrogens is 230 g/mol. The molecule has 6 heteroatoms. The van der Waals surface area contributed by atoms with Crippen molar-refractivity contribution in [3.8, 4) is 0 Å². The van der Waals surface area contributed by atoms with Gasteiger partial charge in [-0.15, -0.1) is 0 Å². The SMILES string of the molecule is CC1CN(c2cncc(Cl)n2)CC1C(=O)O. The van der Waals surface area contributed by atoms with Crippen molar-refractivity contribution in [1.29, 1.82) is 0 Å². The van der Waals surface area contributed by atoms with E-state index in [2.05, 4.69) is 9.97 Å². The lowest BCUT2D eigenvalue weighted by molar-refractivity contribution is -0.142. The van der Waals surface area contributed by atoms with Crippen LogP contribution in [0.25, 0.3) is 0 Å². The van der Waals surface area contributed by atoms with Crippen molar-refractivity contribution in [2.45, 2.75) is 6.92 Å². The maximum Gasteiger partial charge on any atom is 0.308 e. The zero-order chi connectivity index (χ0) is 11.7. The average molecular weight is 242 g/mol. The van der Waals surface area contributed by atoms with E-state index in [1.165, 1.54) is 6.20 Å². The second-order valence-electron chi connectivity index (χ2n) is 4.03. The summed E-state index contributed by atoms with van der Waals surface area (Å²) in [5, 5.41) is 9.34. The average Bonchev–Trinajstić information content (AvgIpc) is 2.60. The van der Waals surface area contributed by atoms with E-state index >= 15 is 0 Å². The fourth-order valence-corrected chi connectivity index (χ4v) is 2.10. The van der Waals surface area contributed by atoms with Gasteiger partial charge in [0.2, 0.25) is 0 Å². The summed E-state index contributed by atoms with van der Waals surface area (Å²) >= 11 is 5.74. The molecule has 0 bridgehead atoms. The molecule has 0 aromatic carbocycles. The number of aromatic nitrogens is 2. The van der Waals surface area contributed by atoms with Gasteiger partial charge >= 0.3 is 5.97 Å². The van der Waals surface area contributed by atoms with Crippen LogP contribution >= 0.6 is 11.6 Å². The molecule has 2 rings (SSSR count). The lowest BCUT2D eigenvalue weighted by atomic mass is 9.99. The Balaban J connectivity index is 2.16. The topological polar surface area (TPSA) is 66.3 Å². The monoisotopic (exact) mass is 241 g/mol. The summed E-state index contributed by atoms with van der Waals surface area (Å²) in [5.41, 5.74) is 0. The van der Waals surface area contributed by atoms with Gasteiger partial charge in [0.05, 0.1) is 18.3 Å². The van der Waals surface area contributed by atoms with Gasteiger partial charge in [-0.1, -0.05) is 18.5 Å². The number of aliphatic carboxylic acids is 1. The normalized spacial score (nSPS) is 24.8. The Morgan fingerprint density at radius 3 is 2.88 bits per heavy atom. The third-order valence-corrected chi connectivity index (χ3v) is 3.03. The summed E-state index contributed by atoms with van der Waals surface area (Å²) < 4.78 is 0. The number of hydrogen-bond donors (Lipinski definition) is 1. The van der Waals surface area contributed by atoms with E-state index in [-0.39, 0.29) is 11.8 Å². The molecule has 2 heterocycles. The highest BCUT2D eigenvalue weighted by Crippen LogP contribution is 2.27. The van der Waals surface area contributed by atoms with Crippen molar-refractivity contribution in [2.24, 2.45) is 11.8 Å². The minimum absolute atomic E-state index is 0.110. The van der Waals surface area contributed by atoms with Crippen molar-refractivity contribution in [1.82, 2.24) is 9.97 Å². The first-order chi connectivity index (χ1) is 7.58. The summed E-state index contributed by atoms with van der Waals surface area (Å²) in [4.78, 5) is 20.9. The van der Waals surface area contributed by atoms with E-state index in [1.807, 2.05) is 11.8 Å². The largest absolute Gasteiger partial charge is 0.481 e. The minimum Gasteiger partial charge on any atom is -0.481 e. The molecular formula is C10H12ClN3O2. The van der Waals surface area contributed by atoms with Gasteiger partial charge in [-0.25, -0.2) is 4.98 Å². The lowest BCUT2D eigenvalue weighted by Gasteiger charge is -2.16. The highest BCUT2D eigenvalue weighted by Gasteiger charge is 2.35. The van der Waals surface area contributed by atoms with Crippen LogP contribution in [0.5, 0.6) is 0 Å². The summed E-state index contributed by atoms with van der Waals surface area (Å²) in [6, 6.07) is 0. The van der Waals surface area contributed by atoms with Crippen LogP contribution < -0.4 is 4.90 Å². The zero-order valence-electron chi connectivity index (χ0n) is 8.80. The molecule has 1 aromatic rings. The molecule has 1 saturated heterocycles. The molecule has 0 spiro atoms. The maximum atomic E-state index is 11.0. The van der Waals surface area contributed by atoms with Gasteiger partial charge in [-0.2, -0.15) is 0 Å². The highest BCUT2D eigenvalue weighted by molar-refractivity contribution is 6.29. The third-order valence-electron chi connectivity index (χ3n) is 2.85. The van der Waals surface area contributed by atoms with Crippen molar-refractivity contribution in [3.05, 3.63) is 17.5 Å². The van der Waals surface area contributed by atoms with Gasteiger partial charge in [0, 0.05) is 13.1 Å². The van der Waals surface area contributed by atoms with Gasteiger partial charge in [0.1, 0.15) is 11.0 Å². The Morgan fingerprint density at radius 2 is 2.31 bits per heavy atom. The maximum absolute atomic E-state index is 11.0. The Hall–Kier alpha value is -1.36. The van der Waals surface area contributed by atoms with Crippen molar-refractivity contribution in [3.63, 3.8) is 0 Å². The second-order valence-corrected chi connectivity index (χ2v) is 4.41. The van der Waals surface area contributed by atoms with Gasteiger partial charge in [0.25, 0.3) is 0 Å². The van der Waals surface area contributed by atoms with Gasteiger partial charge in [-0.05, 0) is 5.92 Å². The number of rotatable bonds is 2. The Kier molecular flexibility index (Phi) is 2.96. The van der Waals surface area contributed by atoms with E-state index in [9.17, 15) is 4.79 Å². The Labute approximate surface area is 98.1 Å². The molecule has 5 nitrogen and oxygen atoms in total.